The summed E-state index contributed by atoms with van der Waals surface area (Å²) in [6, 6.07) is 15.5. The summed E-state index contributed by atoms with van der Waals surface area (Å²) in [5.74, 6) is -0.520. The van der Waals surface area contributed by atoms with Gasteiger partial charge in [-0.15, -0.1) is 11.3 Å². The van der Waals surface area contributed by atoms with E-state index in [0.29, 0.717) is 39.5 Å². The molecule has 0 aliphatic carbocycles. The Morgan fingerprint density at radius 2 is 1.84 bits per heavy atom. The SMILES string of the molecule is O=C(CSc1nc2ccc(N3C(=O)c4ccc([N+](=O)[O-])cc4C3=O)cc2s1)NCCOc1ccc(Cl)cc1. The van der Waals surface area contributed by atoms with Crippen LogP contribution in [0.1, 0.15) is 20.7 Å². The monoisotopic (exact) mass is 568 g/mol. The molecule has 4 aromatic rings. The average molecular weight is 569 g/mol. The van der Waals surface area contributed by atoms with Gasteiger partial charge in [0.15, 0.2) is 4.34 Å². The number of carbonyl (C=O) groups is 3. The van der Waals surface area contributed by atoms with Gasteiger partial charge in [0, 0.05) is 17.2 Å². The highest BCUT2D eigenvalue weighted by Gasteiger charge is 2.38. The number of nitrogens with one attached hydrogen (secondary N) is 1. The lowest BCUT2D eigenvalue weighted by Crippen LogP contribution is -2.29. The Bertz CT molecular complexity index is 1590. The fourth-order valence-electron chi connectivity index (χ4n) is 3.74. The van der Waals surface area contributed by atoms with Crippen LogP contribution in [0.4, 0.5) is 11.4 Å². The largest absolute Gasteiger partial charge is 0.492 e. The second kappa shape index (κ2) is 10.8. The number of nitrogens with zero attached hydrogens (tertiary/aromatic N) is 3. The molecule has 38 heavy (non-hydrogen) atoms. The lowest BCUT2D eigenvalue weighted by atomic mass is 10.1. The highest BCUT2D eigenvalue weighted by molar-refractivity contribution is 8.01. The van der Waals surface area contributed by atoms with Crippen molar-refractivity contribution in [3.05, 3.63) is 86.9 Å². The van der Waals surface area contributed by atoms with Crippen molar-refractivity contribution in [3.63, 3.8) is 0 Å². The molecular formula is C25H17ClN4O6S2. The zero-order valence-electron chi connectivity index (χ0n) is 19.4. The number of imide groups is 1. The van der Waals surface area contributed by atoms with Gasteiger partial charge in [-0.25, -0.2) is 9.88 Å². The van der Waals surface area contributed by atoms with Crippen LogP contribution in [0.25, 0.3) is 10.2 Å². The van der Waals surface area contributed by atoms with Gasteiger partial charge >= 0.3 is 0 Å². The van der Waals surface area contributed by atoms with Crippen LogP contribution in [0.5, 0.6) is 5.75 Å². The maximum absolute atomic E-state index is 12.9. The van der Waals surface area contributed by atoms with Crippen LogP contribution in [-0.2, 0) is 4.79 Å². The molecule has 0 fully saturated rings. The number of benzene rings is 3. The molecule has 3 amide bonds. The van der Waals surface area contributed by atoms with E-state index in [2.05, 4.69) is 10.3 Å². The van der Waals surface area contributed by atoms with E-state index >= 15 is 0 Å². The Morgan fingerprint density at radius 1 is 1.08 bits per heavy atom. The molecule has 1 aromatic heterocycles. The number of rotatable bonds is 9. The number of aromatic nitrogens is 1. The van der Waals surface area contributed by atoms with E-state index in [1.54, 1.807) is 42.5 Å². The number of non-ortho nitro benzene ring substituents is 1. The third-order valence-electron chi connectivity index (χ3n) is 5.52. The molecule has 0 radical (unpaired) electrons. The van der Waals surface area contributed by atoms with Gasteiger partial charge in [-0.1, -0.05) is 23.4 Å². The van der Waals surface area contributed by atoms with Gasteiger partial charge in [-0.3, -0.25) is 24.5 Å². The predicted molar refractivity (Wildman–Crippen MR) is 145 cm³/mol. The van der Waals surface area contributed by atoms with Crippen LogP contribution in [-0.4, -0.2) is 46.5 Å². The Kier molecular flexibility index (Phi) is 7.27. The van der Waals surface area contributed by atoms with Gasteiger partial charge in [0.1, 0.15) is 12.4 Å². The number of anilines is 1. The van der Waals surface area contributed by atoms with Crippen LogP contribution >= 0.6 is 34.7 Å². The van der Waals surface area contributed by atoms with Crippen molar-refractivity contribution in [1.29, 1.82) is 0 Å². The molecule has 2 heterocycles. The van der Waals surface area contributed by atoms with Crippen LogP contribution in [0.3, 0.4) is 0 Å². The first kappa shape index (κ1) is 25.6. The number of hydrogen-bond donors (Lipinski definition) is 1. The number of halogens is 1. The highest BCUT2D eigenvalue weighted by atomic mass is 35.5. The third-order valence-corrected chi connectivity index (χ3v) is 7.94. The highest BCUT2D eigenvalue weighted by Crippen LogP contribution is 2.35. The molecule has 5 rings (SSSR count). The zero-order valence-corrected chi connectivity index (χ0v) is 21.8. The summed E-state index contributed by atoms with van der Waals surface area (Å²) in [7, 11) is 0. The molecule has 0 atom stereocenters. The second-order valence-corrected chi connectivity index (χ2v) is 10.7. The first-order chi connectivity index (χ1) is 18.3. The van der Waals surface area contributed by atoms with E-state index in [1.807, 2.05) is 0 Å². The number of nitro groups is 1. The fourth-order valence-corrected chi connectivity index (χ4v) is 5.80. The van der Waals surface area contributed by atoms with Gasteiger partial charge in [0.05, 0.1) is 44.3 Å². The molecule has 0 bridgehead atoms. The van der Waals surface area contributed by atoms with Crippen molar-refractivity contribution in [3.8, 4) is 5.75 Å². The normalized spacial score (nSPS) is 12.6. The van der Waals surface area contributed by atoms with Crippen LogP contribution in [0.15, 0.2) is 65.0 Å². The number of thioether (sulfide) groups is 1. The fraction of sp³-hybridized carbons (Fsp3) is 0.120. The molecular weight excluding hydrogens is 552 g/mol. The smallest absolute Gasteiger partial charge is 0.270 e. The van der Waals surface area contributed by atoms with Gasteiger partial charge in [-0.2, -0.15) is 0 Å². The molecule has 0 unspecified atom stereocenters. The van der Waals surface area contributed by atoms with E-state index in [4.69, 9.17) is 16.3 Å². The quantitative estimate of drug-likeness (QED) is 0.0986. The van der Waals surface area contributed by atoms with Crippen molar-refractivity contribution < 1.29 is 24.0 Å². The lowest BCUT2D eigenvalue weighted by molar-refractivity contribution is -0.384. The summed E-state index contributed by atoms with van der Waals surface area (Å²) in [6.45, 7) is 0.655. The minimum Gasteiger partial charge on any atom is -0.492 e. The maximum atomic E-state index is 12.9. The van der Waals surface area contributed by atoms with E-state index in [-0.39, 0.29) is 28.5 Å². The minimum atomic E-state index is -0.621. The molecule has 13 heteroatoms. The van der Waals surface area contributed by atoms with Crippen molar-refractivity contribution >= 4 is 74.0 Å². The molecule has 192 valence electrons. The van der Waals surface area contributed by atoms with Crippen molar-refractivity contribution in [2.24, 2.45) is 0 Å². The Hall–Kier alpha value is -4.00. The first-order valence-electron chi connectivity index (χ1n) is 11.2. The van der Waals surface area contributed by atoms with Crippen molar-refractivity contribution in [2.75, 3.05) is 23.8 Å². The molecule has 0 spiro atoms. The first-order valence-corrected chi connectivity index (χ1v) is 13.3. The van der Waals surface area contributed by atoms with Crippen molar-refractivity contribution in [1.82, 2.24) is 10.3 Å². The van der Waals surface area contributed by atoms with Crippen LogP contribution in [0.2, 0.25) is 5.02 Å². The summed E-state index contributed by atoms with van der Waals surface area (Å²) in [6.07, 6.45) is 0. The lowest BCUT2D eigenvalue weighted by Gasteiger charge is -2.13. The number of carbonyl (C=O) groups excluding carboxylic acids is 3. The molecule has 1 N–H and O–H groups in total. The molecule has 1 aliphatic heterocycles. The third kappa shape index (κ3) is 5.32. The summed E-state index contributed by atoms with van der Waals surface area (Å²) in [4.78, 5) is 54.0. The van der Waals surface area contributed by atoms with Gasteiger partial charge in [0.25, 0.3) is 17.5 Å². The summed E-state index contributed by atoms with van der Waals surface area (Å²) < 4.78 is 6.93. The van der Waals surface area contributed by atoms with Crippen molar-refractivity contribution in [2.45, 2.75) is 4.34 Å². The maximum Gasteiger partial charge on any atom is 0.270 e. The molecule has 0 saturated carbocycles. The second-order valence-electron chi connectivity index (χ2n) is 8.01. The summed E-state index contributed by atoms with van der Waals surface area (Å²) >= 11 is 8.44. The Morgan fingerprint density at radius 3 is 2.61 bits per heavy atom. The number of fused-ring (bicyclic) bond motifs is 2. The van der Waals surface area contributed by atoms with Gasteiger partial charge < -0.3 is 10.1 Å². The van der Waals surface area contributed by atoms with Crippen LogP contribution < -0.4 is 15.0 Å². The Labute approximate surface area is 228 Å². The Balaban J connectivity index is 1.19. The standard InChI is InChI=1S/C25H17ClN4O6S2/c26-14-1-5-17(6-2-14)36-10-9-27-22(31)13-37-25-28-20-8-4-15(12-21(20)38-25)29-23(32)18-7-3-16(30(34)35)11-19(18)24(29)33/h1-8,11-12H,9-10,13H2,(H,27,31). The number of amides is 3. The van der Waals surface area contributed by atoms with E-state index in [9.17, 15) is 24.5 Å². The summed E-state index contributed by atoms with van der Waals surface area (Å²) in [5.41, 5.74) is 0.847. The average Bonchev–Trinajstić information content (AvgIpc) is 3.43. The van der Waals surface area contributed by atoms with E-state index < -0.39 is 16.7 Å². The molecule has 0 saturated heterocycles. The molecule has 10 nitrogen and oxygen atoms in total. The number of thiazole rings is 1. The number of nitro benzene ring substituents is 1. The molecule has 3 aromatic carbocycles. The van der Waals surface area contributed by atoms with Gasteiger partial charge in [-0.05, 0) is 48.5 Å². The predicted octanol–water partition coefficient (Wildman–Crippen LogP) is 4.95. The number of hydrogen-bond acceptors (Lipinski definition) is 9. The van der Waals surface area contributed by atoms with E-state index in [0.717, 1.165) is 15.7 Å². The zero-order chi connectivity index (χ0) is 26.8. The van der Waals surface area contributed by atoms with Crippen LogP contribution in [0, 0.1) is 10.1 Å². The topological polar surface area (TPSA) is 132 Å². The minimum absolute atomic E-state index is 0.00516. The molecule has 1 aliphatic rings. The summed E-state index contributed by atoms with van der Waals surface area (Å²) in [5, 5.41) is 14.5. The van der Waals surface area contributed by atoms with Gasteiger partial charge in [0.2, 0.25) is 5.91 Å². The number of ether oxygens (including phenoxy) is 1. The van der Waals surface area contributed by atoms with E-state index in [1.165, 1.54) is 35.2 Å².